The van der Waals surface area contributed by atoms with Gasteiger partial charge in [-0.15, -0.1) is 11.3 Å². The van der Waals surface area contributed by atoms with Crippen LogP contribution >= 0.6 is 11.3 Å². The van der Waals surface area contributed by atoms with Gasteiger partial charge in [-0.2, -0.15) is 0 Å². The van der Waals surface area contributed by atoms with Crippen molar-refractivity contribution in [3.63, 3.8) is 0 Å². The molecule has 1 aromatic heterocycles. The molecule has 0 amide bonds. The van der Waals surface area contributed by atoms with Gasteiger partial charge in [-0.3, -0.25) is 0 Å². The Balaban J connectivity index is 2.00. The van der Waals surface area contributed by atoms with Crippen LogP contribution in [-0.4, -0.2) is 0 Å². The molecular formula is C15H26S. The second kappa shape index (κ2) is 7.89. The van der Waals surface area contributed by atoms with E-state index in [1.54, 1.807) is 4.88 Å². The maximum atomic E-state index is 2.39. The van der Waals surface area contributed by atoms with E-state index in [9.17, 15) is 0 Å². The smallest absolute Gasteiger partial charge is 0.00479 e. The van der Waals surface area contributed by atoms with E-state index in [0.717, 1.165) is 5.92 Å². The highest BCUT2D eigenvalue weighted by Crippen LogP contribution is 2.18. The van der Waals surface area contributed by atoms with E-state index in [1.807, 2.05) is 11.3 Å². The SMILES string of the molecule is CCCC(C)CCCCCc1cc(C)cs1. The van der Waals surface area contributed by atoms with Crippen LogP contribution in [0.15, 0.2) is 11.4 Å². The first-order valence-electron chi connectivity index (χ1n) is 6.76. The van der Waals surface area contributed by atoms with Crippen LogP contribution in [0.2, 0.25) is 0 Å². The number of aryl methyl sites for hydroxylation is 2. The first-order valence-corrected chi connectivity index (χ1v) is 7.64. The molecule has 1 heteroatoms. The number of hydrogen-bond acceptors (Lipinski definition) is 1. The molecule has 0 aliphatic carbocycles. The van der Waals surface area contributed by atoms with E-state index >= 15 is 0 Å². The van der Waals surface area contributed by atoms with Crippen molar-refractivity contribution in [1.29, 1.82) is 0 Å². The van der Waals surface area contributed by atoms with E-state index in [0.29, 0.717) is 0 Å². The molecule has 0 saturated heterocycles. The van der Waals surface area contributed by atoms with Crippen molar-refractivity contribution >= 4 is 11.3 Å². The summed E-state index contributed by atoms with van der Waals surface area (Å²) < 4.78 is 0. The molecular weight excluding hydrogens is 212 g/mol. The van der Waals surface area contributed by atoms with Crippen molar-refractivity contribution in [3.05, 3.63) is 21.9 Å². The normalized spacial score (nSPS) is 12.9. The maximum absolute atomic E-state index is 2.39. The molecule has 0 bridgehead atoms. The molecule has 0 nitrogen and oxygen atoms in total. The molecule has 0 saturated carbocycles. The van der Waals surface area contributed by atoms with Gasteiger partial charge in [0.15, 0.2) is 0 Å². The summed E-state index contributed by atoms with van der Waals surface area (Å²) in [6.07, 6.45) is 9.67. The summed E-state index contributed by atoms with van der Waals surface area (Å²) in [5, 5.41) is 2.26. The van der Waals surface area contributed by atoms with E-state index in [2.05, 4.69) is 32.2 Å². The summed E-state index contributed by atoms with van der Waals surface area (Å²) in [4.78, 5) is 1.57. The summed E-state index contributed by atoms with van der Waals surface area (Å²) in [6.45, 7) is 6.87. The van der Waals surface area contributed by atoms with Crippen LogP contribution < -0.4 is 0 Å². The van der Waals surface area contributed by atoms with E-state index in [-0.39, 0.29) is 0 Å². The van der Waals surface area contributed by atoms with E-state index in [4.69, 9.17) is 0 Å². The highest BCUT2D eigenvalue weighted by atomic mass is 32.1. The lowest BCUT2D eigenvalue weighted by Crippen LogP contribution is -1.93. The Bertz CT molecular complexity index is 275. The van der Waals surface area contributed by atoms with Crippen LogP contribution in [-0.2, 0) is 6.42 Å². The van der Waals surface area contributed by atoms with Crippen LogP contribution in [0.1, 0.15) is 62.8 Å². The van der Waals surface area contributed by atoms with Crippen LogP contribution in [0.5, 0.6) is 0 Å². The van der Waals surface area contributed by atoms with E-state index < -0.39 is 0 Å². The molecule has 1 atom stereocenters. The minimum Gasteiger partial charge on any atom is -0.149 e. The zero-order valence-electron chi connectivity index (χ0n) is 11.1. The molecule has 0 N–H and O–H groups in total. The zero-order valence-corrected chi connectivity index (χ0v) is 11.9. The fraction of sp³-hybridized carbons (Fsp3) is 0.733. The Labute approximate surface area is 105 Å². The monoisotopic (exact) mass is 238 g/mol. The first-order chi connectivity index (χ1) is 7.72. The third-order valence-corrected chi connectivity index (χ3v) is 4.30. The minimum atomic E-state index is 0.939. The third-order valence-electron chi connectivity index (χ3n) is 3.19. The molecule has 1 heterocycles. The Morgan fingerprint density at radius 3 is 2.62 bits per heavy atom. The zero-order chi connectivity index (χ0) is 11.8. The van der Waals surface area contributed by atoms with Gasteiger partial charge in [-0.05, 0) is 42.7 Å². The Morgan fingerprint density at radius 2 is 2.00 bits per heavy atom. The van der Waals surface area contributed by atoms with Gasteiger partial charge in [0, 0.05) is 4.88 Å². The number of rotatable bonds is 8. The third kappa shape index (κ3) is 5.69. The highest BCUT2D eigenvalue weighted by molar-refractivity contribution is 7.10. The van der Waals surface area contributed by atoms with Crippen molar-refractivity contribution in [2.45, 2.75) is 65.7 Å². The minimum absolute atomic E-state index is 0.939. The predicted molar refractivity (Wildman–Crippen MR) is 75.3 cm³/mol. The topological polar surface area (TPSA) is 0 Å². The maximum Gasteiger partial charge on any atom is 0.00479 e. The van der Waals surface area contributed by atoms with E-state index in [1.165, 1.54) is 50.5 Å². The molecule has 0 spiro atoms. The second-order valence-corrected chi connectivity index (χ2v) is 6.08. The molecule has 16 heavy (non-hydrogen) atoms. The number of unbranched alkanes of at least 4 members (excludes halogenated alkanes) is 2. The van der Waals surface area contributed by atoms with Gasteiger partial charge < -0.3 is 0 Å². The lowest BCUT2D eigenvalue weighted by molar-refractivity contribution is 0.456. The Morgan fingerprint density at radius 1 is 1.19 bits per heavy atom. The van der Waals surface area contributed by atoms with Gasteiger partial charge >= 0.3 is 0 Å². The van der Waals surface area contributed by atoms with Crippen molar-refractivity contribution in [1.82, 2.24) is 0 Å². The molecule has 1 aromatic rings. The van der Waals surface area contributed by atoms with Crippen molar-refractivity contribution < 1.29 is 0 Å². The molecule has 0 aromatic carbocycles. The van der Waals surface area contributed by atoms with Crippen molar-refractivity contribution in [2.75, 3.05) is 0 Å². The van der Waals surface area contributed by atoms with Crippen LogP contribution in [0, 0.1) is 12.8 Å². The van der Waals surface area contributed by atoms with Crippen LogP contribution in [0.25, 0.3) is 0 Å². The average molecular weight is 238 g/mol. The molecule has 0 radical (unpaired) electrons. The van der Waals surface area contributed by atoms with Gasteiger partial charge in [-0.1, -0.05) is 46.0 Å². The number of thiophene rings is 1. The lowest BCUT2D eigenvalue weighted by Gasteiger charge is -2.08. The van der Waals surface area contributed by atoms with Crippen molar-refractivity contribution in [2.24, 2.45) is 5.92 Å². The number of hydrogen-bond donors (Lipinski definition) is 0. The fourth-order valence-corrected chi connectivity index (χ4v) is 3.15. The highest BCUT2D eigenvalue weighted by Gasteiger charge is 2.01. The van der Waals surface area contributed by atoms with Crippen LogP contribution in [0.3, 0.4) is 0 Å². The standard InChI is InChI=1S/C15H26S/c1-4-8-13(2)9-6-5-7-10-15-11-14(3)12-16-15/h11-13H,4-10H2,1-3H3. The summed E-state index contributed by atoms with van der Waals surface area (Å²) in [5.41, 5.74) is 1.43. The van der Waals surface area contributed by atoms with Gasteiger partial charge in [0.1, 0.15) is 0 Å². The molecule has 92 valence electrons. The molecule has 1 unspecified atom stereocenters. The molecule has 0 aliphatic heterocycles. The van der Waals surface area contributed by atoms with Gasteiger partial charge in [0.25, 0.3) is 0 Å². The molecule has 0 aliphatic rings. The first kappa shape index (κ1) is 13.8. The second-order valence-electron chi connectivity index (χ2n) is 5.08. The quantitative estimate of drug-likeness (QED) is 0.517. The van der Waals surface area contributed by atoms with Gasteiger partial charge in [-0.25, -0.2) is 0 Å². The molecule has 0 fully saturated rings. The summed E-state index contributed by atoms with van der Waals surface area (Å²) in [6, 6.07) is 2.34. The summed E-state index contributed by atoms with van der Waals surface area (Å²) >= 11 is 1.92. The van der Waals surface area contributed by atoms with Crippen LogP contribution in [0.4, 0.5) is 0 Å². The van der Waals surface area contributed by atoms with Crippen molar-refractivity contribution in [3.8, 4) is 0 Å². The fourth-order valence-electron chi connectivity index (χ4n) is 2.23. The lowest BCUT2D eigenvalue weighted by atomic mass is 9.98. The predicted octanol–water partition coefficient (Wildman–Crippen LogP) is 5.60. The Hall–Kier alpha value is -0.300. The summed E-state index contributed by atoms with van der Waals surface area (Å²) in [5.74, 6) is 0.939. The average Bonchev–Trinajstić information content (AvgIpc) is 2.64. The largest absolute Gasteiger partial charge is 0.149 e. The van der Waals surface area contributed by atoms with Gasteiger partial charge in [0.05, 0.1) is 0 Å². The van der Waals surface area contributed by atoms with Gasteiger partial charge in [0.2, 0.25) is 0 Å². The Kier molecular flexibility index (Phi) is 6.79. The molecule has 1 rings (SSSR count). The summed E-state index contributed by atoms with van der Waals surface area (Å²) in [7, 11) is 0.